The van der Waals surface area contributed by atoms with E-state index in [9.17, 15) is 9.59 Å². The van der Waals surface area contributed by atoms with Crippen LogP contribution >= 0.6 is 11.6 Å². The van der Waals surface area contributed by atoms with Crippen LogP contribution in [0.5, 0.6) is 0 Å². The van der Waals surface area contributed by atoms with Gasteiger partial charge in [0.05, 0.1) is 6.42 Å². The lowest BCUT2D eigenvalue weighted by atomic mass is 10.0. The van der Waals surface area contributed by atoms with Crippen LogP contribution in [0.25, 0.3) is 6.08 Å². The van der Waals surface area contributed by atoms with Crippen molar-refractivity contribution >= 4 is 29.5 Å². The Hall–Kier alpha value is -1.61. The number of halogens is 1. The quantitative estimate of drug-likeness (QED) is 0.598. The van der Waals surface area contributed by atoms with Crippen LogP contribution in [0, 0.1) is 6.92 Å². The van der Waals surface area contributed by atoms with Gasteiger partial charge in [-0.1, -0.05) is 23.7 Å². The number of carbonyl (C=O) groups is 2. The maximum Gasteiger partial charge on any atom is 0.254 e. The highest BCUT2D eigenvalue weighted by molar-refractivity contribution is 6.31. The molecule has 16 heavy (non-hydrogen) atoms. The van der Waals surface area contributed by atoms with Gasteiger partial charge in [0.2, 0.25) is 5.91 Å². The summed E-state index contributed by atoms with van der Waals surface area (Å²) in [6, 6.07) is 5.47. The summed E-state index contributed by atoms with van der Waals surface area (Å²) in [5.41, 5.74) is 2.26. The molecule has 2 amide bonds. The van der Waals surface area contributed by atoms with Gasteiger partial charge in [-0.05, 0) is 30.2 Å². The van der Waals surface area contributed by atoms with Gasteiger partial charge in [0, 0.05) is 10.6 Å². The van der Waals surface area contributed by atoms with E-state index >= 15 is 0 Å². The molecule has 0 aliphatic carbocycles. The van der Waals surface area contributed by atoms with E-state index in [0.717, 1.165) is 11.1 Å². The second-order valence-corrected chi connectivity index (χ2v) is 4.08. The van der Waals surface area contributed by atoms with Crippen molar-refractivity contribution in [2.75, 3.05) is 0 Å². The van der Waals surface area contributed by atoms with Crippen molar-refractivity contribution in [1.82, 2.24) is 5.32 Å². The third-order valence-electron chi connectivity index (χ3n) is 2.53. The van der Waals surface area contributed by atoms with E-state index in [1.165, 1.54) is 0 Å². The zero-order valence-electron chi connectivity index (χ0n) is 8.71. The van der Waals surface area contributed by atoms with E-state index in [4.69, 9.17) is 11.6 Å². The zero-order valence-corrected chi connectivity index (χ0v) is 9.47. The Morgan fingerprint density at radius 3 is 2.75 bits per heavy atom. The van der Waals surface area contributed by atoms with E-state index in [-0.39, 0.29) is 18.2 Å². The third-order valence-corrected chi connectivity index (χ3v) is 2.94. The monoisotopic (exact) mass is 235 g/mol. The number of imide groups is 1. The molecule has 0 spiro atoms. The Morgan fingerprint density at radius 1 is 1.38 bits per heavy atom. The first-order valence-electron chi connectivity index (χ1n) is 4.88. The topological polar surface area (TPSA) is 46.2 Å². The fourth-order valence-corrected chi connectivity index (χ4v) is 1.77. The van der Waals surface area contributed by atoms with Gasteiger partial charge in [0.25, 0.3) is 5.91 Å². The van der Waals surface area contributed by atoms with Crippen molar-refractivity contribution in [1.29, 1.82) is 0 Å². The minimum absolute atomic E-state index is 0.144. The SMILES string of the molecule is Cc1c(Cl)cccc1/C=C1\CC(=O)NC1=O. The number of benzene rings is 1. The fraction of sp³-hybridized carbons (Fsp3) is 0.167. The third kappa shape index (κ3) is 1.99. The highest BCUT2D eigenvalue weighted by Crippen LogP contribution is 2.22. The van der Waals surface area contributed by atoms with Gasteiger partial charge < -0.3 is 0 Å². The maximum atomic E-state index is 11.4. The Kier molecular flexibility index (Phi) is 2.79. The molecule has 1 aliphatic rings. The maximum absolute atomic E-state index is 11.4. The molecule has 4 heteroatoms. The Bertz CT molecular complexity index is 506. The molecular weight excluding hydrogens is 226 g/mol. The summed E-state index contributed by atoms with van der Waals surface area (Å²) < 4.78 is 0. The standard InChI is InChI=1S/C12H10ClNO2/c1-7-8(3-2-4-10(7)13)5-9-6-11(15)14-12(9)16/h2-5H,6H2,1H3,(H,14,15,16)/b9-5+. The molecule has 2 rings (SSSR count). The van der Waals surface area contributed by atoms with Crippen LogP contribution < -0.4 is 5.32 Å². The summed E-state index contributed by atoms with van der Waals surface area (Å²) in [5.74, 6) is -0.569. The lowest BCUT2D eigenvalue weighted by molar-refractivity contribution is -0.124. The molecule has 0 atom stereocenters. The summed E-state index contributed by atoms with van der Waals surface area (Å²) in [6.07, 6.45) is 1.85. The molecule has 1 fully saturated rings. The van der Waals surface area contributed by atoms with Crippen molar-refractivity contribution in [2.24, 2.45) is 0 Å². The summed E-state index contributed by atoms with van der Waals surface area (Å²) in [6.45, 7) is 1.88. The first-order valence-corrected chi connectivity index (χ1v) is 5.25. The minimum Gasteiger partial charge on any atom is -0.292 e. The number of amides is 2. The predicted molar refractivity (Wildman–Crippen MR) is 61.9 cm³/mol. The van der Waals surface area contributed by atoms with Crippen LogP contribution in [-0.4, -0.2) is 11.8 Å². The van der Waals surface area contributed by atoms with Crippen LogP contribution in [0.1, 0.15) is 17.5 Å². The molecule has 0 radical (unpaired) electrons. The normalized spacial score (nSPS) is 18.0. The average molecular weight is 236 g/mol. The van der Waals surface area contributed by atoms with Crippen molar-refractivity contribution in [3.8, 4) is 0 Å². The molecule has 0 saturated carbocycles. The molecule has 1 aromatic carbocycles. The molecule has 1 aromatic rings. The lowest BCUT2D eigenvalue weighted by Gasteiger charge is -2.02. The van der Waals surface area contributed by atoms with Gasteiger partial charge in [-0.15, -0.1) is 0 Å². The van der Waals surface area contributed by atoms with Gasteiger partial charge in [-0.25, -0.2) is 0 Å². The zero-order chi connectivity index (χ0) is 11.7. The Balaban J connectivity index is 2.40. The molecule has 0 bridgehead atoms. The molecule has 82 valence electrons. The summed E-state index contributed by atoms with van der Waals surface area (Å²) in [7, 11) is 0. The molecular formula is C12H10ClNO2. The molecule has 3 nitrogen and oxygen atoms in total. The van der Waals surface area contributed by atoms with Crippen LogP contribution in [-0.2, 0) is 9.59 Å². The van der Waals surface area contributed by atoms with Crippen LogP contribution in [0.2, 0.25) is 5.02 Å². The Morgan fingerprint density at radius 2 is 2.12 bits per heavy atom. The summed E-state index contributed by atoms with van der Waals surface area (Å²) in [5, 5.41) is 2.89. The van der Waals surface area contributed by atoms with Gasteiger partial charge in [-0.3, -0.25) is 14.9 Å². The molecule has 0 unspecified atom stereocenters. The average Bonchev–Trinajstić information content (AvgIpc) is 2.53. The van der Waals surface area contributed by atoms with Crippen molar-refractivity contribution in [3.05, 3.63) is 39.9 Å². The summed E-state index contributed by atoms with van der Waals surface area (Å²) >= 11 is 5.97. The van der Waals surface area contributed by atoms with Crippen LogP contribution in [0.4, 0.5) is 0 Å². The van der Waals surface area contributed by atoms with E-state index in [1.807, 2.05) is 19.1 Å². The number of carbonyl (C=O) groups excluding carboxylic acids is 2. The van der Waals surface area contributed by atoms with Crippen LogP contribution in [0.15, 0.2) is 23.8 Å². The van der Waals surface area contributed by atoms with Crippen molar-refractivity contribution in [3.63, 3.8) is 0 Å². The predicted octanol–water partition coefficient (Wildman–Crippen LogP) is 2.08. The molecule has 1 aliphatic heterocycles. The number of nitrogens with one attached hydrogen (secondary N) is 1. The van der Waals surface area contributed by atoms with Gasteiger partial charge in [0.15, 0.2) is 0 Å². The molecule has 0 aromatic heterocycles. The van der Waals surface area contributed by atoms with E-state index in [2.05, 4.69) is 5.32 Å². The summed E-state index contributed by atoms with van der Waals surface area (Å²) in [4.78, 5) is 22.4. The first kappa shape index (κ1) is 10.9. The first-order chi connectivity index (χ1) is 7.58. The largest absolute Gasteiger partial charge is 0.292 e. The second-order valence-electron chi connectivity index (χ2n) is 3.68. The van der Waals surface area contributed by atoms with Crippen molar-refractivity contribution < 1.29 is 9.59 Å². The highest BCUT2D eigenvalue weighted by Gasteiger charge is 2.23. The number of hydrogen-bond acceptors (Lipinski definition) is 2. The number of rotatable bonds is 1. The van der Waals surface area contributed by atoms with E-state index in [0.29, 0.717) is 10.6 Å². The molecule has 1 N–H and O–H groups in total. The minimum atomic E-state index is -0.315. The van der Waals surface area contributed by atoms with Gasteiger partial charge in [-0.2, -0.15) is 0 Å². The smallest absolute Gasteiger partial charge is 0.254 e. The van der Waals surface area contributed by atoms with Gasteiger partial charge >= 0.3 is 0 Å². The van der Waals surface area contributed by atoms with E-state index < -0.39 is 0 Å². The molecule has 1 saturated heterocycles. The number of hydrogen-bond donors (Lipinski definition) is 1. The fourth-order valence-electron chi connectivity index (χ4n) is 1.59. The molecule has 1 heterocycles. The van der Waals surface area contributed by atoms with Crippen LogP contribution in [0.3, 0.4) is 0 Å². The lowest BCUT2D eigenvalue weighted by Crippen LogP contribution is -2.19. The highest BCUT2D eigenvalue weighted by atomic mass is 35.5. The van der Waals surface area contributed by atoms with Gasteiger partial charge in [0.1, 0.15) is 0 Å². The van der Waals surface area contributed by atoms with E-state index in [1.54, 1.807) is 12.1 Å². The second kappa shape index (κ2) is 4.10. The van der Waals surface area contributed by atoms with Crippen molar-refractivity contribution in [2.45, 2.75) is 13.3 Å². The Labute approximate surface area is 98.1 Å².